The molecular formula is C31H39F3N3O7+. The lowest BCUT2D eigenvalue weighted by Gasteiger charge is -2.50. The Balaban J connectivity index is 1.62. The first-order valence-electron chi connectivity index (χ1n) is 14.8. The van der Waals surface area contributed by atoms with E-state index in [-0.39, 0.29) is 29.5 Å². The SMILES string of the molecule is CN(C)[C@@H]1C(=O)C(C([NH3+])=O)=C(O)[C@@]2(O)C(=O)C3=C(O)c4c(O)cc(CNCC5(C)CCCCC5)c(C(F)(F)F)c4C[C@H]3C[C@@H]12. The van der Waals surface area contributed by atoms with E-state index in [0.717, 1.165) is 38.2 Å². The van der Waals surface area contributed by atoms with Gasteiger partial charge in [0.15, 0.2) is 22.7 Å². The van der Waals surface area contributed by atoms with Crippen LogP contribution in [0.2, 0.25) is 0 Å². The van der Waals surface area contributed by atoms with Crippen LogP contribution in [0.5, 0.6) is 5.75 Å². The molecule has 0 radical (unpaired) electrons. The van der Waals surface area contributed by atoms with Crippen molar-refractivity contribution in [3.63, 3.8) is 0 Å². The molecule has 5 rings (SSSR count). The summed E-state index contributed by atoms with van der Waals surface area (Å²) in [7, 11) is 2.93. The average molecular weight is 623 g/mol. The molecule has 240 valence electrons. The molecule has 44 heavy (non-hydrogen) atoms. The van der Waals surface area contributed by atoms with Crippen LogP contribution in [0.25, 0.3) is 5.76 Å². The highest BCUT2D eigenvalue weighted by Gasteiger charge is 2.64. The van der Waals surface area contributed by atoms with Crippen LogP contribution in [-0.2, 0) is 33.5 Å². The predicted molar refractivity (Wildman–Crippen MR) is 151 cm³/mol. The molecule has 4 aliphatic rings. The first-order valence-corrected chi connectivity index (χ1v) is 14.8. The van der Waals surface area contributed by atoms with Gasteiger partial charge in [0.1, 0.15) is 11.5 Å². The maximum Gasteiger partial charge on any atom is 0.417 e. The second kappa shape index (κ2) is 11.0. The van der Waals surface area contributed by atoms with Crippen LogP contribution < -0.4 is 11.1 Å². The number of aliphatic hydroxyl groups is 3. The highest BCUT2D eigenvalue weighted by Crippen LogP contribution is 2.54. The molecule has 0 unspecified atom stereocenters. The summed E-state index contributed by atoms with van der Waals surface area (Å²) in [4.78, 5) is 40.8. The minimum atomic E-state index is -4.88. The number of ketones is 2. The van der Waals surface area contributed by atoms with Crippen LogP contribution >= 0.6 is 0 Å². The van der Waals surface area contributed by atoms with Gasteiger partial charge in [0, 0.05) is 24.6 Å². The van der Waals surface area contributed by atoms with E-state index < -0.39 is 93.1 Å². The van der Waals surface area contributed by atoms with E-state index in [9.17, 15) is 48.0 Å². The Morgan fingerprint density at radius 2 is 1.77 bits per heavy atom. The lowest BCUT2D eigenvalue weighted by molar-refractivity contribution is -0.299. The van der Waals surface area contributed by atoms with Crippen LogP contribution in [0.4, 0.5) is 13.2 Å². The number of likely N-dealkylation sites (N-methyl/N-ethyl adjacent to an activating group) is 1. The van der Waals surface area contributed by atoms with Crippen LogP contribution in [0.1, 0.15) is 67.7 Å². The Kier molecular flexibility index (Phi) is 8.01. The molecule has 0 heterocycles. The predicted octanol–water partition coefficient (Wildman–Crippen LogP) is 2.33. The number of alkyl halides is 3. The van der Waals surface area contributed by atoms with Gasteiger partial charge in [-0.15, -0.1) is 0 Å². The van der Waals surface area contributed by atoms with Gasteiger partial charge in [-0.25, -0.2) is 4.79 Å². The zero-order chi connectivity index (χ0) is 32.5. The molecule has 1 amide bonds. The van der Waals surface area contributed by atoms with Gasteiger partial charge in [0.25, 0.3) is 0 Å². The van der Waals surface area contributed by atoms with Gasteiger partial charge in [0.05, 0.1) is 17.2 Å². The molecule has 0 aromatic heterocycles. The Labute approximate surface area is 252 Å². The minimum absolute atomic E-state index is 0.0548. The van der Waals surface area contributed by atoms with Crippen molar-refractivity contribution in [2.24, 2.45) is 17.3 Å². The maximum atomic E-state index is 14.7. The molecule has 1 aromatic carbocycles. The van der Waals surface area contributed by atoms with Crippen LogP contribution in [-0.4, -0.2) is 75.1 Å². The normalized spacial score (nSPS) is 28.6. The van der Waals surface area contributed by atoms with Crippen molar-refractivity contribution in [3.05, 3.63) is 45.2 Å². The van der Waals surface area contributed by atoms with Crippen molar-refractivity contribution in [2.75, 3.05) is 20.6 Å². The number of carbonyl (C=O) groups excluding carboxylic acids is 3. The third kappa shape index (κ3) is 4.93. The number of fused-ring (bicyclic) bond motifs is 3. The summed E-state index contributed by atoms with van der Waals surface area (Å²) in [6, 6.07) is -0.365. The van der Waals surface area contributed by atoms with E-state index in [1.165, 1.54) is 19.0 Å². The van der Waals surface area contributed by atoms with Crippen LogP contribution in [0.15, 0.2) is 23.0 Å². The van der Waals surface area contributed by atoms with Gasteiger partial charge in [-0.2, -0.15) is 13.2 Å². The van der Waals surface area contributed by atoms with E-state index in [0.29, 0.717) is 6.54 Å². The van der Waals surface area contributed by atoms with Crippen molar-refractivity contribution < 1.29 is 53.7 Å². The summed E-state index contributed by atoms with van der Waals surface area (Å²) >= 11 is 0. The van der Waals surface area contributed by atoms with E-state index in [1.807, 2.05) is 0 Å². The standard InChI is InChI=1S/C31H38F3N3O7/c1-29(7-5-4-6-8-29)13-36-12-15-11-18(38)20-16(22(15)31(32,33)34)9-14-10-17-23(37(2)3)25(40)21(28(35)43)27(42)30(17,44)26(41)19(14)24(20)39/h11,14,17,23,36,38-39,42,44H,4-10,12-13H2,1-3H3,(H2,35,43)/p+1/t14-,17-,23-,30-/m0/s1. The highest BCUT2D eigenvalue weighted by molar-refractivity contribution is 6.22. The molecular weight excluding hydrogens is 583 g/mol. The molecule has 4 aliphatic carbocycles. The van der Waals surface area contributed by atoms with Crippen molar-refractivity contribution in [1.82, 2.24) is 10.2 Å². The first kappa shape index (κ1) is 32.1. The number of nitrogens with one attached hydrogen (secondary N) is 1. The summed E-state index contributed by atoms with van der Waals surface area (Å²) in [5.74, 6) is -8.52. The number of halogens is 3. The van der Waals surface area contributed by atoms with Crippen molar-refractivity contribution in [2.45, 2.75) is 76.2 Å². The van der Waals surface area contributed by atoms with Crippen molar-refractivity contribution in [3.8, 4) is 5.75 Å². The molecule has 13 heteroatoms. The third-order valence-electron chi connectivity index (χ3n) is 10.0. The number of hydrogen-bond acceptors (Lipinski definition) is 9. The summed E-state index contributed by atoms with van der Waals surface area (Å²) in [5, 5.41) is 48.0. The Hall–Kier alpha value is -3.26. The van der Waals surface area contributed by atoms with E-state index >= 15 is 0 Å². The van der Waals surface area contributed by atoms with Gasteiger partial charge in [0.2, 0.25) is 5.78 Å². The van der Waals surface area contributed by atoms with Crippen LogP contribution in [0, 0.1) is 17.3 Å². The maximum absolute atomic E-state index is 14.7. The lowest BCUT2D eigenvalue weighted by Crippen LogP contribution is -2.68. The Bertz CT molecular complexity index is 1490. The van der Waals surface area contributed by atoms with Gasteiger partial charge >= 0.3 is 12.1 Å². The molecule has 1 aromatic rings. The topological polar surface area (TPSA) is 175 Å². The minimum Gasteiger partial charge on any atom is -0.508 e. The van der Waals surface area contributed by atoms with Crippen molar-refractivity contribution >= 4 is 23.2 Å². The lowest BCUT2D eigenvalue weighted by atomic mass is 9.57. The highest BCUT2D eigenvalue weighted by atomic mass is 19.4. The summed E-state index contributed by atoms with van der Waals surface area (Å²) in [6.45, 7) is 2.40. The summed E-state index contributed by atoms with van der Waals surface area (Å²) in [6.07, 6.45) is -0.443. The third-order valence-corrected chi connectivity index (χ3v) is 10.0. The molecule has 0 saturated heterocycles. The largest absolute Gasteiger partial charge is 0.508 e. The van der Waals surface area contributed by atoms with E-state index in [1.54, 1.807) is 0 Å². The second-order valence-electron chi connectivity index (χ2n) is 13.3. The molecule has 10 nitrogen and oxygen atoms in total. The van der Waals surface area contributed by atoms with E-state index in [4.69, 9.17) is 0 Å². The summed E-state index contributed by atoms with van der Waals surface area (Å²) in [5.41, 5.74) is -3.26. The number of hydrogen-bond donors (Lipinski definition) is 6. The number of Topliss-reactive ketones (excluding diaryl/α,β-unsaturated/α-hetero) is 2. The molecule has 0 spiro atoms. The number of benzene rings is 1. The van der Waals surface area contributed by atoms with Crippen LogP contribution in [0.3, 0.4) is 0 Å². The molecule has 4 atom stereocenters. The van der Waals surface area contributed by atoms with Gasteiger partial charge in [-0.05, 0) is 68.3 Å². The van der Waals surface area contributed by atoms with Crippen molar-refractivity contribution in [1.29, 1.82) is 0 Å². The Morgan fingerprint density at radius 3 is 2.34 bits per heavy atom. The molecule has 8 N–H and O–H groups in total. The first-order chi connectivity index (χ1) is 20.4. The number of rotatable bonds is 6. The van der Waals surface area contributed by atoms with Gasteiger partial charge < -0.3 is 25.7 Å². The molecule has 2 fully saturated rings. The molecule has 0 aliphatic heterocycles. The zero-order valence-corrected chi connectivity index (χ0v) is 25.0. The quantitative estimate of drug-likeness (QED) is 0.260. The molecule has 2 saturated carbocycles. The number of phenolic OH excluding ortho intramolecular Hbond substituents is 1. The average Bonchev–Trinajstić information content (AvgIpc) is 2.89. The molecule has 0 bridgehead atoms. The Morgan fingerprint density at radius 1 is 1.14 bits per heavy atom. The number of aliphatic hydroxyl groups excluding tert-OH is 2. The fourth-order valence-electron chi connectivity index (χ4n) is 7.99. The smallest absolute Gasteiger partial charge is 0.417 e. The number of nitrogens with zero attached hydrogens (tertiary/aromatic N) is 1. The number of amides is 1. The number of quaternary nitrogens is 1. The number of carbonyl (C=O) groups is 3. The monoisotopic (exact) mass is 622 g/mol. The van der Waals surface area contributed by atoms with Gasteiger partial charge in [-0.3, -0.25) is 20.2 Å². The van der Waals surface area contributed by atoms with E-state index in [2.05, 4.69) is 18.0 Å². The number of aromatic hydroxyl groups is 1. The fraction of sp³-hybridized carbons (Fsp3) is 0.581. The zero-order valence-electron chi connectivity index (χ0n) is 25.0. The van der Waals surface area contributed by atoms with Gasteiger partial charge in [-0.1, -0.05) is 26.2 Å². The second-order valence-corrected chi connectivity index (χ2v) is 13.3. The number of phenols is 1. The summed E-state index contributed by atoms with van der Waals surface area (Å²) < 4.78 is 44.2. The fourth-order valence-corrected chi connectivity index (χ4v) is 7.99.